The summed E-state index contributed by atoms with van der Waals surface area (Å²) in [5.41, 5.74) is -2.46. The van der Waals surface area contributed by atoms with E-state index in [0.717, 1.165) is 0 Å². The fourth-order valence-electron chi connectivity index (χ4n) is 0.877. The Kier molecular flexibility index (Phi) is 4.40. The zero-order valence-electron chi connectivity index (χ0n) is 8.54. The molecular weight excluding hydrogens is 240 g/mol. The van der Waals surface area contributed by atoms with Gasteiger partial charge < -0.3 is 9.94 Å². The van der Waals surface area contributed by atoms with Crippen LogP contribution in [0.2, 0.25) is 0 Å². The highest BCUT2D eigenvalue weighted by Gasteiger charge is 2.31. The molecular formula is C7H10N2O6S. The highest BCUT2D eigenvalue weighted by molar-refractivity contribution is 7.85. The lowest BCUT2D eigenvalue weighted by Crippen LogP contribution is -2.37. The summed E-state index contributed by atoms with van der Waals surface area (Å²) in [6.45, 7) is 2.43. The van der Waals surface area contributed by atoms with Crippen LogP contribution in [0.3, 0.4) is 0 Å². The number of nitrogens with zero attached hydrogens (tertiary/aromatic N) is 2. The molecule has 0 spiro atoms. The van der Waals surface area contributed by atoms with Crippen LogP contribution in [-0.2, 0) is 19.6 Å². The van der Waals surface area contributed by atoms with Gasteiger partial charge in [0.15, 0.2) is 0 Å². The lowest BCUT2D eigenvalue weighted by molar-refractivity contribution is -0.145. The van der Waals surface area contributed by atoms with E-state index in [0.29, 0.717) is 0 Å². The molecule has 0 aromatic rings. The summed E-state index contributed by atoms with van der Waals surface area (Å²) in [6, 6.07) is 1.25. The van der Waals surface area contributed by atoms with Crippen molar-refractivity contribution in [2.45, 2.75) is 19.4 Å². The zero-order valence-corrected chi connectivity index (χ0v) is 9.35. The minimum Gasteiger partial charge on any atom is -0.453 e. The molecule has 0 unspecified atom stereocenters. The number of hydrogen-bond donors (Lipinski definition) is 2. The molecule has 0 aliphatic carbocycles. The van der Waals surface area contributed by atoms with E-state index < -0.39 is 33.2 Å². The van der Waals surface area contributed by atoms with Gasteiger partial charge >= 0.3 is 5.97 Å². The lowest BCUT2D eigenvalue weighted by atomic mass is 10.2. The number of esters is 1. The van der Waals surface area contributed by atoms with Crippen molar-refractivity contribution >= 4 is 21.8 Å². The highest BCUT2D eigenvalue weighted by atomic mass is 32.2. The SMILES string of the molecule is CC(C)(CS(=O)(=O)O)OC(=O)/C(C#N)=N\O. The summed E-state index contributed by atoms with van der Waals surface area (Å²) in [5.74, 6) is -2.12. The van der Waals surface area contributed by atoms with Crippen molar-refractivity contribution in [3.8, 4) is 6.07 Å². The van der Waals surface area contributed by atoms with Crippen molar-refractivity contribution in [3.63, 3.8) is 0 Å². The first-order valence-electron chi connectivity index (χ1n) is 3.92. The van der Waals surface area contributed by atoms with Crippen LogP contribution in [-0.4, -0.2) is 41.2 Å². The van der Waals surface area contributed by atoms with Crippen molar-refractivity contribution in [1.29, 1.82) is 5.26 Å². The van der Waals surface area contributed by atoms with Gasteiger partial charge in [-0.3, -0.25) is 4.55 Å². The molecule has 0 aliphatic heterocycles. The third-order valence-corrected chi connectivity index (χ3v) is 2.36. The number of hydrogen-bond acceptors (Lipinski definition) is 7. The second-order valence-corrected chi connectivity index (χ2v) is 4.89. The van der Waals surface area contributed by atoms with Gasteiger partial charge in [-0.1, -0.05) is 5.16 Å². The molecule has 0 rings (SSSR count). The van der Waals surface area contributed by atoms with E-state index in [9.17, 15) is 13.2 Å². The van der Waals surface area contributed by atoms with Crippen LogP contribution in [0, 0.1) is 11.3 Å². The van der Waals surface area contributed by atoms with Gasteiger partial charge in [0, 0.05) is 0 Å². The number of ether oxygens (including phenoxy) is 1. The van der Waals surface area contributed by atoms with E-state index in [4.69, 9.17) is 15.0 Å². The molecule has 0 radical (unpaired) electrons. The van der Waals surface area contributed by atoms with Crippen molar-refractivity contribution in [1.82, 2.24) is 0 Å². The zero-order chi connectivity index (χ0) is 13.0. The minimum absolute atomic E-state index is 0.837. The average Bonchev–Trinajstić information content (AvgIpc) is 1.99. The second kappa shape index (κ2) is 4.91. The second-order valence-electron chi connectivity index (χ2n) is 3.44. The number of rotatable bonds is 4. The van der Waals surface area contributed by atoms with Gasteiger partial charge in [0.1, 0.15) is 17.4 Å². The summed E-state index contributed by atoms with van der Waals surface area (Å²) in [6.07, 6.45) is 0. The molecule has 0 saturated carbocycles. The van der Waals surface area contributed by atoms with E-state index in [1.807, 2.05) is 0 Å². The molecule has 9 heteroatoms. The molecule has 0 aliphatic rings. The van der Waals surface area contributed by atoms with Crippen molar-refractivity contribution in [2.75, 3.05) is 5.75 Å². The molecule has 8 nitrogen and oxygen atoms in total. The van der Waals surface area contributed by atoms with Gasteiger partial charge in [-0.25, -0.2) is 4.79 Å². The van der Waals surface area contributed by atoms with E-state index in [1.165, 1.54) is 19.9 Å². The van der Waals surface area contributed by atoms with Crippen LogP contribution in [0.25, 0.3) is 0 Å². The van der Waals surface area contributed by atoms with Crippen molar-refractivity contribution < 1.29 is 27.7 Å². The Morgan fingerprint density at radius 1 is 1.56 bits per heavy atom. The third-order valence-electron chi connectivity index (χ3n) is 1.30. The maximum Gasteiger partial charge on any atom is 0.372 e. The smallest absolute Gasteiger partial charge is 0.372 e. The molecule has 0 aromatic carbocycles. The molecule has 0 aromatic heterocycles. The van der Waals surface area contributed by atoms with E-state index >= 15 is 0 Å². The first-order valence-corrected chi connectivity index (χ1v) is 5.53. The summed E-state index contributed by atoms with van der Waals surface area (Å²) in [5, 5.41) is 18.9. The molecule has 0 heterocycles. The molecule has 2 N–H and O–H groups in total. The Morgan fingerprint density at radius 3 is 2.38 bits per heavy atom. The maximum absolute atomic E-state index is 11.1. The van der Waals surface area contributed by atoms with Gasteiger partial charge in [0.05, 0.1) is 0 Å². The van der Waals surface area contributed by atoms with E-state index in [1.54, 1.807) is 0 Å². The Balaban J connectivity index is 4.75. The number of carbonyl (C=O) groups excluding carboxylic acids is 1. The number of carbonyl (C=O) groups is 1. The quantitative estimate of drug-likeness (QED) is 0.226. The molecule has 0 atom stereocenters. The van der Waals surface area contributed by atoms with E-state index in [2.05, 4.69) is 9.89 Å². The monoisotopic (exact) mass is 250 g/mol. The minimum atomic E-state index is -4.33. The van der Waals surface area contributed by atoms with Crippen molar-refractivity contribution in [2.24, 2.45) is 5.16 Å². The maximum atomic E-state index is 11.1. The summed E-state index contributed by atoms with van der Waals surface area (Å²) < 4.78 is 34.2. The van der Waals surface area contributed by atoms with Crippen LogP contribution in [0.1, 0.15) is 13.8 Å². The fraction of sp³-hybridized carbons (Fsp3) is 0.571. The van der Waals surface area contributed by atoms with Gasteiger partial charge in [-0.05, 0) is 13.8 Å². The summed E-state index contributed by atoms with van der Waals surface area (Å²) >= 11 is 0. The predicted molar refractivity (Wildman–Crippen MR) is 51.4 cm³/mol. The Morgan fingerprint density at radius 2 is 2.06 bits per heavy atom. The van der Waals surface area contributed by atoms with Gasteiger partial charge in [0.25, 0.3) is 15.8 Å². The lowest BCUT2D eigenvalue weighted by Gasteiger charge is -2.22. The largest absolute Gasteiger partial charge is 0.453 e. The Labute approximate surface area is 91.9 Å². The van der Waals surface area contributed by atoms with Gasteiger partial charge in [0.2, 0.25) is 0 Å². The van der Waals surface area contributed by atoms with Crippen LogP contribution in [0.4, 0.5) is 0 Å². The van der Waals surface area contributed by atoms with Crippen LogP contribution < -0.4 is 0 Å². The van der Waals surface area contributed by atoms with Gasteiger partial charge in [-0.15, -0.1) is 0 Å². The van der Waals surface area contributed by atoms with Crippen LogP contribution in [0.15, 0.2) is 5.16 Å². The van der Waals surface area contributed by atoms with Crippen LogP contribution >= 0.6 is 0 Å². The fourth-order valence-corrected chi connectivity index (χ4v) is 1.81. The first-order chi connectivity index (χ1) is 7.11. The summed E-state index contributed by atoms with van der Waals surface area (Å²) in [4.78, 5) is 11.1. The normalized spacial score (nSPS) is 13.0. The first kappa shape index (κ1) is 14.3. The van der Waals surface area contributed by atoms with Crippen molar-refractivity contribution in [3.05, 3.63) is 0 Å². The Bertz CT molecular complexity index is 444. The molecule has 0 amide bonds. The average molecular weight is 250 g/mol. The number of oxime groups is 1. The highest BCUT2D eigenvalue weighted by Crippen LogP contribution is 2.12. The molecule has 16 heavy (non-hydrogen) atoms. The topological polar surface area (TPSA) is 137 Å². The standard InChI is InChI=1S/C7H10N2O6S/c1-7(2,4-16(12,13)14)15-6(10)5(3-8)9-11/h11H,4H2,1-2H3,(H,12,13,14)/b9-5-. The molecule has 90 valence electrons. The molecule has 0 bridgehead atoms. The predicted octanol–water partition coefficient (Wildman–Crippen LogP) is -0.450. The van der Waals surface area contributed by atoms with E-state index in [-0.39, 0.29) is 0 Å². The molecule has 0 fully saturated rings. The van der Waals surface area contributed by atoms with Crippen LogP contribution in [0.5, 0.6) is 0 Å². The Hall–Kier alpha value is -1.66. The molecule has 0 saturated heterocycles. The summed E-state index contributed by atoms with van der Waals surface area (Å²) in [7, 11) is -4.33. The number of nitriles is 1. The van der Waals surface area contributed by atoms with Gasteiger partial charge in [-0.2, -0.15) is 13.7 Å². The third kappa shape index (κ3) is 5.28.